The van der Waals surface area contributed by atoms with Gasteiger partial charge in [0, 0.05) is 12.1 Å². The molecule has 3 aromatic rings. The van der Waals surface area contributed by atoms with Crippen molar-refractivity contribution < 1.29 is 14.6 Å². The molecule has 0 aliphatic rings. The second-order valence-corrected chi connectivity index (χ2v) is 7.51. The van der Waals surface area contributed by atoms with Gasteiger partial charge in [-0.1, -0.05) is 23.8 Å². The Labute approximate surface area is 182 Å². The second-order valence-electron chi connectivity index (χ2n) is 7.51. The Kier molecular flexibility index (Phi) is 8.16. The molecular weight excluding hydrogens is 406 g/mol. The number of nitrogens with zero attached hydrogens (tertiary/aromatic N) is 4. The lowest BCUT2D eigenvalue weighted by molar-refractivity contribution is 0.187. The van der Waals surface area contributed by atoms with E-state index >= 15 is 0 Å². The minimum Gasteiger partial charge on any atom is -0.493 e. The lowest BCUT2D eigenvalue weighted by Crippen LogP contribution is -2.42. The van der Waals surface area contributed by atoms with Crippen molar-refractivity contribution in [1.29, 1.82) is 0 Å². The fourth-order valence-corrected chi connectivity index (χ4v) is 2.66. The van der Waals surface area contributed by atoms with E-state index in [0.29, 0.717) is 23.9 Å². The highest BCUT2D eigenvalue weighted by atomic mass is 35.5. The molecule has 8 nitrogen and oxygen atoms in total. The van der Waals surface area contributed by atoms with Crippen molar-refractivity contribution in [3.05, 3.63) is 59.4 Å². The van der Waals surface area contributed by atoms with E-state index in [0.717, 1.165) is 11.3 Å². The van der Waals surface area contributed by atoms with Crippen molar-refractivity contribution >= 4 is 12.4 Å². The van der Waals surface area contributed by atoms with Gasteiger partial charge in [-0.2, -0.15) is 4.68 Å². The number of nitrogens with one attached hydrogen (secondary N) is 1. The first-order chi connectivity index (χ1) is 13.9. The standard InChI is InChI=1S/C21H27N5O3.ClH/c1-15-5-8-17(9-6-15)26-20(23-24-25-26)13-29-18-10-7-16(11-19(18)28-4)12-22-21(2,3)14-27;/h5-11,22,27H,12-14H2,1-4H3;1H. The molecule has 0 bridgehead atoms. The van der Waals surface area contributed by atoms with Gasteiger partial charge in [0.2, 0.25) is 0 Å². The van der Waals surface area contributed by atoms with E-state index in [1.54, 1.807) is 11.8 Å². The van der Waals surface area contributed by atoms with Crippen LogP contribution in [0, 0.1) is 6.92 Å². The van der Waals surface area contributed by atoms with Gasteiger partial charge in [0.1, 0.15) is 0 Å². The SMILES string of the molecule is COc1cc(CNC(C)(C)CO)ccc1OCc1nnnn1-c1ccc(C)cc1.Cl. The van der Waals surface area contributed by atoms with Crippen LogP contribution in [-0.2, 0) is 13.2 Å². The predicted molar refractivity (Wildman–Crippen MR) is 116 cm³/mol. The summed E-state index contributed by atoms with van der Waals surface area (Å²) >= 11 is 0. The third-order valence-electron chi connectivity index (χ3n) is 4.56. The van der Waals surface area contributed by atoms with E-state index in [1.165, 1.54) is 5.56 Å². The van der Waals surface area contributed by atoms with Crippen LogP contribution < -0.4 is 14.8 Å². The van der Waals surface area contributed by atoms with Crippen molar-refractivity contribution in [2.45, 2.75) is 39.5 Å². The van der Waals surface area contributed by atoms with E-state index in [4.69, 9.17) is 9.47 Å². The van der Waals surface area contributed by atoms with Crippen LogP contribution >= 0.6 is 12.4 Å². The zero-order valence-electron chi connectivity index (χ0n) is 17.6. The molecule has 0 unspecified atom stereocenters. The molecule has 1 heterocycles. The molecule has 0 fully saturated rings. The maximum Gasteiger partial charge on any atom is 0.194 e. The first-order valence-electron chi connectivity index (χ1n) is 9.42. The van der Waals surface area contributed by atoms with Crippen molar-refractivity contribution in [2.24, 2.45) is 0 Å². The maximum atomic E-state index is 9.37. The number of methoxy groups -OCH3 is 1. The molecule has 0 aliphatic heterocycles. The van der Waals surface area contributed by atoms with Crippen molar-refractivity contribution in [1.82, 2.24) is 25.5 Å². The summed E-state index contributed by atoms with van der Waals surface area (Å²) in [5.41, 5.74) is 2.72. The summed E-state index contributed by atoms with van der Waals surface area (Å²) in [5.74, 6) is 1.82. The minimum absolute atomic E-state index is 0. The van der Waals surface area contributed by atoms with Gasteiger partial charge in [0.25, 0.3) is 0 Å². The fourth-order valence-electron chi connectivity index (χ4n) is 2.66. The summed E-state index contributed by atoms with van der Waals surface area (Å²) in [6.07, 6.45) is 0. The number of hydrogen-bond acceptors (Lipinski definition) is 7. The van der Waals surface area contributed by atoms with Crippen LogP contribution in [0.1, 0.15) is 30.8 Å². The highest BCUT2D eigenvalue weighted by molar-refractivity contribution is 5.85. The molecule has 1 aromatic heterocycles. The summed E-state index contributed by atoms with van der Waals surface area (Å²) in [7, 11) is 1.60. The van der Waals surface area contributed by atoms with Gasteiger partial charge in [-0.05, 0) is 61.0 Å². The highest BCUT2D eigenvalue weighted by Gasteiger charge is 2.16. The smallest absolute Gasteiger partial charge is 0.194 e. The number of ether oxygens (including phenoxy) is 2. The molecule has 2 aromatic carbocycles. The normalized spacial score (nSPS) is 11.1. The van der Waals surface area contributed by atoms with Gasteiger partial charge in [0.05, 0.1) is 19.4 Å². The number of aliphatic hydroxyl groups is 1. The van der Waals surface area contributed by atoms with Crippen LogP contribution in [0.3, 0.4) is 0 Å². The van der Waals surface area contributed by atoms with Crippen molar-refractivity contribution in [3.63, 3.8) is 0 Å². The first kappa shape index (κ1) is 23.6. The lowest BCUT2D eigenvalue weighted by atomic mass is 10.1. The van der Waals surface area contributed by atoms with Gasteiger partial charge in [0.15, 0.2) is 23.9 Å². The van der Waals surface area contributed by atoms with Crippen LogP contribution in [-0.4, -0.2) is 44.6 Å². The number of aryl methyl sites for hydroxylation is 1. The van der Waals surface area contributed by atoms with Crippen molar-refractivity contribution in [2.75, 3.05) is 13.7 Å². The second kappa shape index (κ2) is 10.4. The molecule has 2 N–H and O–H groups in total. The largest absolute Gasteiger partial charge is 0.493 e. The summed E-state index contributed by atoms with van der Waals surface area (Å²) in [4.78, 5) is 0. The van der Waals surface area contributed by atoms with Crippen LogP contribution in [0.5, 0.6) is 11.5 Å². The number of aliphatic hydroxyl groups excluding tert-OH is 1. The van der Waals surface area contributed by atoms with E-state index in [9.17, 15) is 5.11 Å². The molecule has 9 heteroatoms. The Morgan fingerprint density at radius 3 is 2.50 bits per heavy atom. The molecule has 30 heavy (non-hydrogen) atoms. The van der Waals surface area contributed by atoms with Crippen molar-refractivity contribution in [3.8, 4) is 17.2 Å². The zero-order chi connectivity index (χ0) is 20.9. The number of aromatic nitrogens is 4. The Morgan fingerprint density at radius 1 is 1.10 bits per heavy atom. The third kappa shape index (κ3) is 5.91. The van der Waals surface area contributed by atoms with Crippen LogP contribution in [0.2, 0.25) is 0 Å². The van der Waals surface area contributed by atoms with E-state index in [2.05, 4.69) is 20.8 Å². The van der Waals surface area contributed by atoms with E-state index < -0.39 is 0 Å². The summed E-state index contributed by atoms with van der Waals surface area (Å²) < 4.78 is 13.1. The topological polar surface area (TPSA) is 94.3 Å². The molecule has 0 radical (unpaired) electrons. The quantitative estimate of drug-likeness (QED) is 0.535. The minimum atomic E-state index is -0.352. The number of rotatable bonds is 9. The number of tetrazole rings is 1. The molecular formula is C21H28ClN5O3. The van der Waals surface area contributed by atoms with Crippen LogP contribution in [0.25, 0.3) is 5.69 Å². The Morgan fingerprint density at radius 2 is 1.83 bits per heavy atom. The molecule has 0 spiro atoms. The molecule has 3 rings (SSSR count). The van der Waals surface area contributed by atoms with E-state index in [1.807, 2.05) is 63.2 Å². The summed E-state index contributed by atoms with van der Waals surface area (Å²) in [5, 5.41) is 24.6. The van der Waals surface area contributed by atoms with E-state index in [-0.39, 0.29) is 31.2 Å². The molecule has 0 saturated heterocycles. The van der Waals surface area contributed by atoms with Crippen LogP contribution in [0.15, 0.2) is 42.5 Å². The molecule has 0 atom stereocenters. The zero-order valence-corrected chi connectivity index (χ0v) is 18.4. The lowest BCUT2D eigenvalue weighted by Gasteiger charge is -2.23. The van der Waals surface area contributed by atoms with Gasteiger partial charge in [-0.3, -0.25) is 0 Å². The van der Waals surface area contributed by atoms with Gasteiger partial charge in [-0.15, -0.1) is 17.5 Å². The highest BCUT2D eigenvalue weighted by Crippen LogP contribution is 2.29. The molecule has 162 valence electrons. The number of hydrogen-bond donors (Lipinski definition) is 2. The Balaban J connectivity index is 0.00000320. The maximum absolute atomic E-state index is 9.37. The predicted octanol–water partition coefficient (Wildman–Crippen LogP) is 2.84. The van der Waals surface area contributed by atoms with Gasteiger partial charge in [-0.25, -0.2) is 0 Å². The molecule has 0 aliphatic carbocycles. The first-order valence-corrected chi connectivity index (χ1v) is 9.42. The monoisotopic (exact) mass is 433 g/mol. The average molecular weight is 434 g/mol. The Bertz CT molecular complexity index is 944. The number of benzene rings is 2. The van der Waals surface area contributed by atoms with Crippen LogP contribution in [0.4, 0.5) is 0 Å². The Hall–Kier alpha value is -2.68. The fraction of sp³-hybridized carbons (Fsp3) is 0.381. The third-order valence-corrected chi connectivity index (χ3v) is 4.56. The molecule has 0 amide bonds. The number of halogens is 1. The van der Waals surface area contributed by atoms with Gasteiger partial charge < -0.3 is 19.9 Å². The molecule has 0 saturated carbocycles. The van der Waals surface area contributed by atoms with Gasteiger partial charge >= 0.3 is 0 Å². The summed E-state index contributed by atoms with van der Waals surface area (Å²) in [6.45, 7) is 6.78. The average Bonchev–Trinajstić information content (AvgIpc) is 3.20. The summed E-state index contributed by atoms with van der Waals surface area (Å²) in [6, 6.07) is 13.7.